The van der Waals surface area contributed by atoms with E-state index in [4.69, 9.17) is 5.73 Å². The van der Waals surface area contributed by atoms with Gasteiger partial charge in [0.1, 0.15) is 0 Å². The quantitative estimate of drug-likeness (QED) is 0.612. The number of amides is 1. The maximum atomic E-state index is 11.9. The number of nitrogens with zero attached hydrogens (tertiary/aromatic N) is 1. The highest BCUT2D eigenvalue weighted by Crippen LogP contribution is 2.11. The maximum Gasteiger partial charge on any atom is 0.218 e. The van der Waals surface area contributed by atoms with Gasteiger partial charge >= 0.3 is 0 Å². The van der Waals surface area contributed by atoms with Crippen molar-refractivity contribution in [3.63, 3.8) is 0 Å². The Hall–Kier alpha value is -0.660. The fraction of sp³-hybridized carbons (Fsp3) is 0.923. The molecule has 3 N–H and O–H groups in total. The largest absolute Gasteiger partial charge is 0.370 e. The fourth-order valence-corrected chi connectivity index (χ4v) is 3.75. The summed E-state index contributed by atoms with van der Waals surface area (Å²) in [6, 6.07) is 0.426. The summed E-state index contributed by atoms with van der Waals surface area (Å²) in [7, 11) is -3.19. The van der Waals surface area contributed by atoms with E-state index in [0.29, 0.717) is 12.6 Å². The first-order valence-electron chi connectivity index (χ1n) is 7.38. The fourth-order valence-electron chi connectivity index (χ4n) is 2.52. The van der Waals surface area contributed by atoms with E-state index < -0.39 is 15.7 Å². The molecule has 0 radical (unpaired) electrons. The molecule has 0 saturated carbocycles. The molecule has 6 nitrogen and oxygen atoms in total. The lowest BCUT2D eigenvalue weighted by Crippen LogP contribution is -2.47. The average molecular weight is 305 g/mol. The van der Waals surface area contributed by atoms with E-state index >= 15 is 0 Å². The van der Waals surface area contributed by atoms with E-state index in [1.165, 1.54) is 0 Å². The van der Waals surface area contributed by atoms with E-state index in [-0.39, 0.29) is 17.9 Å². The van der Waals surface area contributed by atoms with Crippen LogP contribution in [0.3, 0.4) is 0 Å². The van der Waals surface area contributed by atoms with Crippen LogP contribution in [0.25, 0.3) is 0 Å². The zero-order chi connectivity index (χ0) is 15.0. The van der Waals surface area contributed by atoms with Crippen molar-refractivity contribution in [2.75, 3.05) is 37.7 Å². The summed E-state index contributed by atoms with van der Waals surface area (Å²) in [5, 5.41) is 3.36. The van der Waals surface area contributed by atoms with Gasteiger partial charge in [-0.05, 0) is 32.4 Å². The number of nitrogens with two attached hydrogens (primary N) is 1. The van der Waals surface area contributed by atoms with Crippen LogP contribution < -0.4 is 11.1 Å². The summed E-state index contributed by atoms with van der Waals surface area (Å²) in [5.74, 6) is -0.586. The summed E-state index contributed by atoms with van der Waals surface area (Å²) in [6.45, 7) is 5.54. The van der Waals surface area contributed by atoms with Crippen molar-refractivity contribution < 1.29 is 13.2 Å². The molecule has 1 heterocycles. The molecule has 1 unspecified atom stereocenters. The van der Waals surface area contributed by atoms with E-state index in [1.54, 1.807) is 0 Å². The van der Waals surface area contributed by atoms with Crippen LogP contribution in [0.4, 0.5) is 0 Å². The van der Waals surface area contributed by atoms with Crippen molar-refractivity contribution in [1.82, 2.24) is 10.2 Å². The molecule has 1 rings (SSSR count). The number of rotatable bonds is 9. The number of carbonyl (C=O) groups is 1. The zero-order valence-corrected chi connectivity index (χ0v) is 13.1. The Balaban J connectivity index is 2.46. The van der Waals surface area contributed by atoms with E-state index in [2.05, 4.69) is 17.1 Å². The highest BCUT2D eigenvalue weighted by atomic mass is 32.2. The van der Waals surface area contributed by atoms with Gasteiger partial charge < -0.3 is 11.1 Å². The molecule has 20 heavy (non-hydrogen) atoms. The lowest BCUT2D eigenvalue weighted by atomic mass is 10.1. The summed E-state index contributed by atoms with van der Waals surface area (Å²) in [4.78, 5) is 12.9. The number of hydrogen-bond acceptors (Lipinski definition) is 5. The minimum absolute atomic E-state index is 0.0822. The number of hydrogen-bond donors (Lipinski definition) is 2. The summed E-state index contributed by atoms with van der Waals surface area (Å²) >= 11 is 0. The average Bonchev–Trinajstić information content (AvgIpc) is 2.42. The van der Waals surface area contributed by atoms with Crippen molar-refractivity contribution in [1.29, 1.82) is 0 Å². The molecule has 0 aliphatic carbocycles. The van der Waals surface area contributed by atoms with Crippen LogP contribution in [0, 0.1) is 0 Å². The molecule has 0 aromatic heterocycles. The first-order chi connectivity index (χ1) is 9.44. The number of carbonyl (C=O) groups excluding carboxylic acids is 1. The standard InChI is InChI=1S/C13H27N3O3S/c1-2-7-16(12-4-3-6-15-11-12)8-10-20(18,19)9-5-13(14)17/h12,15H,2-11H2,1H3,(H2,14,17). The Labute approximate surface area is 122 Å². The topological polar surface area (TPSA) is 92.5 Å². The van der Waals surface area contributed by atoms with Gasteiger partial charge in [-0.25, -0.2) is 8.42 Å². The maximum absolute atomic E-state index is 11.9. The lowest BCUT2D eigenvalue weighted by molar-refractivity contribution is -0.117. The van der Waals surface area contributed by atoms with Crippen molar-refractivity contribution in [2.45, 2.75) is 38.6 Å². The third kappa shape index (κ3) is 6.67. The molecule has 1 fully saturated rings. The molecule has 0 bridgehead atoms. The van der Waals surface area contributed by atoms with Crippen LogP contribution in [0.5, 0.6) is 0 Å². The molecule has 1 amide bonds. The van der Waals surface area contributed by atoms with Gasteiger partial charge in [0.15, 0.2) is 9.84 Å². The molecule has 0 aromatic rings. The molecule has 118 valence electrons. The van der Waals surface area contributed by atoms with Crippen molar-refractivity contribution in [2.24, 2.45) is 5.73 Å². The zero-order valence-electron chi connectivity index (χ0n) is 12.3. The van der Waals surface area contributed by atoms with E-state index in [9.17, 15) is 13.2 Å². The summed E-state index contributed by atoms with van der Waals surface area (Å²) in [6.07, 6.45) is 3.19. The molecule has 1 atom stereocenters. The molecule has 1 aliphatic heterocycles. The van der Waals surface area contributed by atoms with Gasteiger partial charge in [0, 0.05) is 25.6 Å². The van der Waals surface area contributed by atoms with Crippen LogP contribution in [0.15, 0.2) is 0 Å². The Morgan fingerprint density at radius 1 is 1.35 bits per heavy atom. The molecular weight excluding hydrogens is 278 g/mol. The number of sulfone groups is 1. The minimum atomic E-state index is -3.19. The van der Waals surface area contributed by atoms with E-state index in [1.807, 2.05) is 0 Å². The van der Waals surface area contributed by atoms with Crippen LogP contribution in [-0.2, 0) is 14.6 Å². The summed E-state index contributed by atoms with van der Waals surface area (Å²) in [5.41, 5.74) is 5.00. The Bertz CT molecular complexity index is 392. The normalized spacial score (nSPS) is 20.2. The van der Waals surface area contributed by atoms with Gasteiger partial charge in [0.2, 0.25) is 5.91 Å². The minimum Gasteiger partial charge on any atom is -0.370 e. The first kappa shape index (κ1) is 17.4. The predicted molar refractivity (Wildman–Crippen MR) is 80.2 cm³/mol. The number of nitrogens with one attached hydrogen (secondary N) is 1. The van der Waals surface area contributed by atoms with Crippen molar-refractivity contribution >= 4 is 15.7 Å². The number of primary amides is 1. The third-order valence-electron chi connectivity index (χ3n) is 3.65. The second kappa shape index (κ2) is 8.59. The molecule has 7 heteroatoms. The van der Waals surface area contributed by atoms with Gasteiger partial charge in [-0.15, -0.1) is 0 Å². The van der Waals surface area contributed by atoms with Crippen LogP contribution in [0.2, 0.25) is 0 Å². The van der Waals surface area contributed by atoms with Gasteiger partial charge in [0.25, 0.3) is 0 Å². The summed E-state index contributed by atoms with van der Waals surface area (Å²) < 4.78 is 23.8. The third-order valence-corrected chi connectivity index (χ3v) is 5.28. The van der Waals surface area contributed by atoms with Gasteiger partial charge in [-0.3, -0.25) is 9.69 Å². The molecule has 1 aliphatic rings. The molecular formula is C13H27N3O3S. The van der Waals surface area contributed by atoms with Crippen LogP contribution in [-0.4, -0.2) is 63.0 Å². The highest BCUT2D eigenvalue weighted by molar-refractivity contribution is 7.91. The molecule has 0 spiro atoms. The van der Waals surface area contributed by atoms with Crippen molar-refractivity contribution in [3.8, 4) is 0 Å². The molecule has 0 aromatic carbocycles. The van der Waals surface area contributed by atoms with Gasteiger partial charge in [0.05, 0.1) is 11.5 Å². The van der Waals surface area contributed by atoms with Gasteiger partial charge in [-0.2, -0.15) is 0 Å². The number of piperidine rings is 1. The second-order valence-electron chi connectivity index (χ2n) is 5.40. The van der Waals surface area contributed by atoms with Crippen LogP contribution in [0.1, 0.15) is 32.6 Å². The Morgan fingerprint density at radius 2 is 2.10 bits per heavy atom. The first-order valence-corrected chi connectivity index (χ1v) is 9.20. The van der Waals surface area contributed by atoms with Crippen molar-refractivity contribution in [3.05, 3.63) is 0 Å². The van der Waals surface area contributed by atoms with Gasteiger partial charge in [-0.1, -0.05) is 6.92 Å². The predicted octanol–water partition coefficient (Wildman–Crippen LogP) is -0.259. The van der Waals surface area contributed by atoms with E-state index in [0.717, 1.165) is 38.9 Å². The second-order valence-corrected chi connectivity index (χ2v) is 7.71. The Morgan fingerprint density at radius 3 is 2.65 bits per heavy atom. The highest BCUT2D eigenvalue weighted by Gasteiger charge is 2.22. The van der Waals surface area contributed by atoms with Crippen LogP contribution >= 0.6 is 0 Å². The SMILES string of the molecule is CCCN(CCS(=O)(=O)CCC(N)=O)C1CCCNC1. The molecule has 1 saturated heterocycles. The monoisotopic (exact) mass is 305 g/mol. The smallest absolute Gasteiger partial charge is 0.218 e. The lowest BCUT2D eigenvalue weighted by Gasteiger charge is -2.34. The Kier molecular flexibility index (Phi) is 7.47.